The van der Waals surface area contributed by atoms with E-state index < -0.39 is 53.7 Å². The third-order valence-corrected chi connectivity index (χ3v) is 5.46. The van der Waals surface area contributed by atoms with E-state index in [1.807, 2.05) is 12.2 Å². The van der Waals surface area contributed by atoms with Crippen LogP contribution in [0.1, 0.15) is 87.0 Å². The number of nitrogens with zero attached hydrogens (tertiary/aromatic N) is 1. The maximum absolute atomic E-state index is 13.2. The van der Waals surface area contributed by atoms with E-state index >= 15 is 0 Å². The zero-order chi connectivity index (χ0) is 25.7. The molecule has 2 aliphatic rings. The molecule has 1 saturated heterocycles. The fraction of sp³-hybridized carbons (Fsp3) is 0.800. The molecule has 0 aromatic heterocycles. The molecule has 2 amide bonds. The van der Waals surface area contributed by atoms with E-state index in [-0.39, 0.29) is 12.5 Å². The van der Waals surface area contributed by atoms with Crippen LogP contribution in [-0.4, -0.2) is 69.8 Å². The summed E-state index contributed by atoms with van der Waals surface area (Å²) < 4.78 is 22.4. The van der Waals surface area contributed by atoms with Gasteiger partial charge in [-0.1, -0.05) is 25.0 Å². The number of carbonyl (C=O) groups is 3. The number of hydrogen-bond acceptors (Lipinski definition) is 8. The molecule has 0 bridgehead atoms. The van der Waals surface area contributed by atoms with Gasteiger partial charge in [-0.3, -0.25) is 0 Å². The molecule has 1 N–H and O–H groups in total. The lowest BCUT2D eigenvalue weighted by Crippen LogP contribution is -2.54. The van der Waals surface area contributed by atoms with E-state index in [2.05, 4.69) is 0 Å². The highest BCUT2D eigenvalue weighted by atomic mass is 16.6. The maximum atomic E-state index is 13.2. The normalized spacial score (nSPS) is 28.7. The zero-order valence-electron chi connectivity index (χ0n) is 21.5. The van der Waals surface area contributed by atoms with Gasteiger partial charge >= 0.3 is 18.2 Å². The van der Waals surface area contributed by atoms with Crippen molar-refractivity contribution in [3.05, 3.63) is 12.2 Å². The number of amides is 2. The van der Waals surface area contributed by atoms with Crippen molar-refractivity contribution < 1.29 is 38.4 Å². The summed E-state index contributed by atoms with van der Waals surface area (Å²) >= 11 is 0. The zero-order valence-corrected chi connectivity index (χ0v) is 21.5. The average Bonchev–Trinajstić information content (AvgIpc) is 3.18. The van der Waals surface area contributed by atoms with Crippen LogP contribution in [0.5, 0.6) is 0 Å². The Hall–Kier alpha value is -2.13. The van der Waals surface area contributed by atoms with Gasteiger partial charge in [0.1, 0.15) is 29.5 Å². The first-order valence-corrected chi connectivity index (χ1v) is 12.1. The molecule has 0 radical (unpaired) electrons. The third kappa shape index (κ3) is 8.58. The molecular weight excluding hydrogens is 442 g/mol. The fourth-order valence-corrected chi connectivity index (χ4v) is 3.88. The number of imide groups is 1. The summed E-state index contributed by atoms with van der Waals surface area (Å²) in [5.74, 6) is -0.801. The summed E-state index contributed by atoms with van der Waals surface area (Å²) in [6.07, 6.45) is 3.23. The van der Waals surface area contributed by atoms with Crippen LogP contribution in [0.15, 0.2) is 12.2 Å². The molecule has 34 heavy (non-hydrogen) atoms. The maximum Gasteiger partial charge on any atom is 0.420 e. The number of aliphatic hydroxyl groups excluding tert-OH is 1. The van der Waals surface area contributed by atoms with Gasteiger partial charge < -0.3 is 24.1 Å². The molecule has 2 rings (SSSR count). The molecule has 0 saturated carbocycles. The van der Waals surface area contributed by atoms with Crippen LogP contribution in [-0.2, 0) is 23.7 Å². The number of ether oxygens (including phenoxy) is 4. The minimum absolute atomic E-state index is 0.0620. The summed E-state index contributed by atoms with van der Waals surface area (Å²) in [6, 6.07) is -1.24. The molecule has 9 nitrogen and oxygen atoms in total. The van der Waals surface area contributed by atoms with Crippen LogP contribution < -0.4 is 0 Å². The third-order valence-electron chi connectivity index (χ3n) is 5.46. The number of carbonyl (C=O) groups excluding carboxylic acids is 3. The Morgan fingerprint density at radius 2 is 1.56 bits per heavy atom. The van der Waals surface area contributed by atoms with Gasteiger partial charge in [-0.25, -0.2) is 14.4 Å². The second-order valence-electron chi connectivity index (χ2n) is 11.0. The minimum Gasteiger partial charge on any atom is -0.458 e. The number of esters is 1. The predicted molar refractivity (Wildman–Crippen MR) is 125 cm³/mol. The van der Waals surface area contributed by atoms with Gasteiger partial charge in [0.15, 0.2) is 0 Å². The first-order chi connectivity index (χ1) is 15.7. The number of cyclic esters (lactones) is 1. The Kier molecular flexibility index (Phi) is 9.53. The van der Waals surface area contributed by atoms with Crippen molar-refractivity contribution in [1.82, 2.24) is 4.90 Å². The minimum atomic E-state index is -1.24. The second kappa shape index (κ2) is 11.5. The molecule has 1 aliphatic carbocycles. The highest BCUT2D eigenvalue weighted by Crippen LogP contribution is 2.26. The van der Waals surface area contributed by atoms with Crippen LogP contribution in [0.25, 0.3) is 0 Å². The number of aliphatic hydroxyl groups is 1. The molecule has 9 heteroatoms. The molecule has 1 heterocycles. The lowest BCUT2D eigenvalue weighted by molar-refractivity contribution is -0.169. The quantitative estimate of drug-likeness (QED) is 0.355. The highest BCUT2D eigenvalue weighted by Gasteiger charge is 2.42. The fourth-order valence-electron chi connectivity index (χ4n) is 3.88. The predicted octanol–water partition coefficient (Wildman–Crippen LogP) is 4.50. The molecule has 0 aromatic rings. The van der Waals surface area contributed by atoms with E-state index in [1.165, 1.54) is 0 Å². The number of hydrogen-bond donors (Lipinski definition) is 1. The molecule has 1 aliphatic heterocycles. The highest BCUT2D eigenvalue weighted by molar-refractivity contribution is 5.94. The summed E-state index contributed by atoms with van der Waals surface area (Å²) in [6.45, 7) is 11.6. The van der Waals surface area contributed by atoms with Gasteiger partial charge in [-0.05, 0) is 74.1 Å². The Morgan fingerprint density at radius 1 is 1.00 bits per heavy atom. The first kappa shape index (κ1) is 28.1. The van der Waals surface area contributed by atoms with Crippen LogP contribution in [0.4, 0.5) is 9.59 Å². The molecule has 1 unspecified atom stereocenters. The average molecular weight is 484 g/mol. The van der Waals surface area contributed by atoms with Crippen molar-refractivity contribution in [2.45, 2.75) is 129 Å². The van der Waals surface area contributed by atoms with Crippen molar-refractivity contribution in [2.75, 3.05) is 0 Å². The SMILES string of the molecule is C[C@@H]1OC(=O)[C@@H](N(C(=O)OC(C)(C)C)C(=O)OC(C)(C)C)CCCC[C@H](OC2C=CCC2)[C@H]1O. The lowest BCUT2D eigenvalue weighted by Gasteiger charge is -2.35. The van der Waals surface area contributed by atoms with Gasteiger partial charge in [-0.2, -0.15) is 4.90 Å². The summed E-state index contributed by atoms with van der Waals surface area (Å²) in [5, 5.41) is 10.9. The number of allylic oxidation sites excluding steroid dienone is 1. The Morgan fingerprint density at radius 3 is 2.06 bits per heavy atom. The summed E-state index contributed by atoms with van der Waals surface area (Å²) in [5.41, 5.74) is -1.78. The molecule has 5 atom stereocenters. The van der Waals surface area contributed by atoms with Crippen LogP contribution in [0.2, 0.25) is 0 Å². The second-order valence-corrected chi connectivity index (χ2v) is 11.0. The molecule has 1 fully saturated rings. The van der Waals surface area contributed by atoms with Gasteiger partial charge in [0.05, 0.1) is 12.2 Å². The Bertz CT molecular complexity index is 723. The summed E-state index contributed by atoms with van der Waals surface area (Å²) in [7, 11) is 0. The van der Waals surface area contributed by atoms with E-state index in [1.54, 1.807) is 48.5 Å². The van der Waals surface area contributed by atoms with E-state index in [0.717, 1.165) is 12.8 Å². The van der Waals surface area contributed by atoms with Gasteiger partial charge in [0.25, 0.3) is 0 Å². The van der Waals surface area contributed by atoms with Gasteiger partial charge in [-0.15, -0.1) is 0 Å². The van der Waals surface area contributed by atoms with Crippen molar-refractivity contribution >= 4 is 18.2 Å². The molecule has 0 spiro atoms. The van der Waals surface area contributed by atoms with Crippen molar-refractivity contribution in [1.29, 1.82) is 0 Å². The largest absolute Gasteiger partial charge is 0.458 e. The van der Waals surface area contributed by atoms with Crippen LogP contribution in [0.3, 0.4) is 0 Å². The Balaban J connectivity index is 2.24. The summed E-state index contributed by atoms with van der Waals surface area (Å²) in [4.78, 5) is 39.9. The van der Waals surface area contributed by atoms with Crippen molar-refractivity contribution in [3.63, 3.8) is 0 Å². The monoisotopic (exact) mass is 483 g/mol. The number of rotatable bonds is 3. The van der Waals surface area contributed by atoms with E-state index in [9.17, 15) is 19.5 Å². The van der Waals surface area contributed by atoms with Gasteiger partial charge in [0.2, 0.25) is 0 Å². The standard InChI is InChI=1S/C25H41NO8/c1-16-20(27)19(32-17-12-8-9-13-17)15-11-10-14-18(21(28)31-16)26(22(29)33-24(2,3)4)23(30)34-25(5,6)7/h8,12,16-20,27H,9-11,13-15H2,1-7H3/t16-,17?,18-,19-,20-/m0/s1. The van der Waals surface area contributed by atoms with E-state index in [0.29, 0.717) is 24.2 Å². The van der Waals surface area contributed by atoms with Gasteiger partial charge in [0, 0.05) is 0 Å². The lowest BCUT2D eigenvalue weighted by atomic mass is 9.98. The molecule has 194 valence electrons. The topological polar surface area (TPSA) is 112 Å². The van der Waals surface area contributed by atoms with E-state index in [4.69, 9.17) is 18.9 Å². The van der Waals surface area contributed by atoms with Crippen molar-refractivity contribution in [2.24, 2.45) is 0 Å². The molecular formula is C25H41NO8. The first-order valence-electron chi connectivity index (χ1n) is 12.1. The smallest absolute Gasteiger partial charge is 0.420 e. The molecule has 0 aromatic carbocycles. The van der Waals surface area contributed by atoms with Crippen LogP contribution >= 0.6 is 0 Å². The Labute approximate surface area is 202 Å². The van der Waals surface area contributed by atoms with Crippen molar-refractivity contribution in [3.8, 4) is 0 Å². The van der Waals surface area contributed by atoms with Crippen LogP contribution in [0, 0.1) is 0 Å².